The van der Waals surface area contributed by atoms with Gasteiger partial charge in [0, 0.05) is 6.04 Å². The van der Waals surface area contributed by atoms with Crippen molar-refractivity contribution in [3.8, 4) is 0 Å². The molecule has 1 aliphatic rings. The van der Waals surface area contributed by atoms with Crippen LogP contribution in [0, 0.1) is 18.8 Å². The number of amides is 1. The fourth-order valence-corrected chi connectivity index (χ4v) is 3.61. The molecule has 5 nitrogen and oxygen atoms in total. The van der Waals surface area contributed by atoms with Crippen molar-refractivity contribution < 1.29 is 14.7 Å². The van der Waals surface area contributed by atoms with Crippen molar-refractivity contribution in [2.45, 2.75) is 52.5 Å². The number of nitrogens with zero attached hydrogens (tertiary/aromatic N) is 1. The van der Waals surface area contributed by atoms with E-state index in [1.807, 2.05) is 6.92 Å². The molecule has 1 saturated carbocycles. The second kappa shape index (κ2) is 6.56. The molecule has 2 N–H and O–H groups in total. The van der Waals surface area contributed by atoms with Crippen LogP contribution in [0.1, 0.15) is 53.5 Å². The van der Waals surface area contributed by atoms with Gasteiger partial charge < -0.3 is 10.4 Å². The fraction of sp³-hybridized carbons (Fsp3) is 0.667. The maximum Gasteiger partial charge on any atom is 0.306 e. The van der Waals surface area contributed by atoms with Gasteiger partial charge >= 0.3 is 5.97 Å². The number of aliphatic carboxylic acids is 1. The first-order chi connectivity index (χ1) is 9.86. The van der Waals surface area contributed by atoms with Crippen LogP contribution in [0.4, 0.5) is 0 Å². The van der Waals surface area contributed by atoms with Crippen molar-refractivity contribution in [1.29, 1.82) is 0 Å². The molecule has 0 unspecified atom stereocenters. The van der Waals surface area contributed by atoms with Gasteiger partial charge in [-0.15, -0.1) is 11.3 Å². The summed E-state index contributed by atoms with van der Waals surface area (Å²) in [4.78, 5) is 28.5. The highest BCUT2D eigenvalue weighted by atomic mass is 32.1. The number of carboxylic acids is 1. The SMILES string of the molecule is Cc1nc(CC(C)C)c(C(=O)N[C@H]2CC[C@@H](C(=O)O)C2)s1. The lowest BCUT2D eigenvalue weighted by atomic mass is 10.1. The van der Waals surface area contributed by atoms with Gasteiger partial charge in [0.25, 0.3) is 5.91 Å². The number of aromatic nitrogens is 1. The summed E-state index contributed by atoms with van der Waals surface area (Å²) in [6.45, 7) is 6.11. The van der Waals surface area contributed by atoms with Crippen molar-refractivity contribution in [1.82, 2.24) is 10.3 Å². The highest BCUT2D eigenvalue weighted by Gasteiger charge is 2.31. The molecule has 0 aliphatic heterocycles. The van der Waals surface area contributed by atoms with Gasteiger partial charge in [-0.25, -0.2) is 4.98 Å². The van der Waals surface area contributed by atoms with Crippen molar-refractivity contribution in [2.24, 2.45) is 11.8 Å². The van der Waals surface area contributed by atoms with Gasteiger partial charge in [-0.05, 0) is 38.5 Å². The zero-order valence-corrected chi connectivity index (χ0v) is 13.5. The van der Waals surface area contributed by atoms with E-state index in [1.54, 1.807) is 0 Å². The number of thiazole rings is 1. The molecule has 1 aromatic heterocycles. The number of hydrogen-bond donors (Lipinski definition) is 2. The average Bonchev–Trinajstić information content (AvgIpc) is 2.95. The third-order valence-corrected chi connectivity index (χ3v) is 4.74. The Kier molecular flexibility index (Phi) is 4.98. The molecule has 6 heteroatoms. The van der Waals surface area contributed by atoms with Gasteiger partial charge in [-0.1, -0.05) is 13.8 Å². The number of carboxylic acid groups (broad SMARTS) is 1. The van der Waals surface area contributed by atoms with Crippen LogP contribution < -0.4 is 5.32 Å². The molecule has 1 heterocycles. The molecule has 2 rings (SSSR count). The monoisotopic (exact) mass is 310 g/mol. The second-order valence-electron chi connectivity index (χ2n) is 6.13. The van der Waals surface area contributed by atoms with Crippen LogP contribution in [0.2, 0.25) is 0 Å². The number of carbonyl (C=O) groups is 2. The van der Waals surface area contributed by atoms with Gasteiger partial charge in [0.2, 0.25) is 0 Å². The van der Waals surface area contributed by atoms with Crippen LogP contribution in [0.25, 0.3) is 0 Å². The van der Waals surface area contributed by atoms with E-state index in [-0.39, 0.29) is 17.9 Å². The molecule has 21 heavy (non-hydrogen) atoms. The largest absolute Gasteiger partial charge is 0.481 e. The summed E-state index contributed by atoms with van der Waals surface area (Å²) < 4.78 is 0. The van der Waals surface area contributed by atoms with Crippen LogP contribution in [-0.2, 0) is 11.2 Å². The second-order valence-corrected chi connectivity index (χ2v) is 7.33. The number of carbonyl (C=O) groups excluding carboxylic acids is 1. The highest BCUT2D eigenvalue weighted by molar-refractivity contribution is 7.13. The predicted molar refractivity (Wildman–Crippen MR) is 81.6 cm³/mol. The van der Waals surface area contributed by atoms with Gasteiger partial charge in [-0.2, -0.15) is 0 Å². The average molecular weight is 310 g/mol. The van der Waals surface area contributed by atoms with E-state index in [0.717, 1.165) is 23.5 Å². The van der Waals surface area contributed by atoms with E-state index < -0.39 is 5.97 Å². The molecule has 1 aliphatic carbocycles. The van der Waals surface area contributed by atoms with E-state index in [0.29, 0.717) is 23.6 Å². The molecule has 0 bridgehead atoms. The third kappa shape index (κ3) is 4.03. The Balaban J connectivity index is 2.02. The molecule has 0 spiro atoms. The molecule has 116 valence electrons. The van der Waals surface area contributed by atoms with E-state index in [2.05, 4.69) is 24.1 Å². The molecule has 0 aromatic carbocycles. The van der Waals surface area contributed by atoms with E-state index in [9.17, 15) is 9.59 Å². The molecule has 0 radical (unpaired) electrons. The zero-order chi connectivity index (χ0) is 15.6. The van der Waals surface area contributed by atoms with Crippen molar-refractivity contribution >= 4 is 23.2 Å². The molecule has 1 aromatic rings. The van der Waals surface area contributed by atoms with Crippen LogP contribution in [-0.4, -0.2) is 28.0 Å². The predicted octanol–water partition coefficient (Wildman–Crippen LogP) is 2.63. The zero-order valence-electron chi connectivity index (χ0n) is 12.7. The van der Waals surface area contributed by atoms with Crippen molar-refractivity contribution in [3.63, 3.8) is 0 Å². The van der Waals surface area contributed by atoms with E-state index in [4.69, 9.17) is 5.11 Å². The number of hydrogen-bond acceptors (Lipinski definition) is 4. The first-order valence-electron chi connectivity index (χ1n) is 7.36. The molecular weight excluding hydrogens is 288 g/mol. The number of rotatable bonds is 5. The van der Waals surface area contributed by atoms with E-state index in [1.165, 1.54) is 11.3 Å². The fourth-order valence-electron chi connectivity index (χ4n) is 2.76. The summed E-state index contributed by atoms with van der Waals surface area (Å²) in [6, 6.07) is -0.0343. The van der Waals surface area contributed by atoms with Gasteiger partial charge in [0.15, 0.2) is 0 Å². The van der Waals surface area contributed by atoms with Crippen LogP contribution in [0.3, 0.4) is 0 Å². The molecule has 1 fully saturated rings. The first kappa shape index (κ1) is 15.9. The Morgan fingerprint density at radius 3 is 2.71 bits per heavy atom. The number of nitrogens with one attached hydrogen (secondary N) is 1. The summed E-state index contributed by atoms with van der Waals surface area (Å²) in [5.74, 6) is -0.747. The smallest absolute Gasteiger partial charge is 0.306 e. The van der Waals surface area contributed by atoms with Gasteiger partial charge in [0.05, 0.1) is 16.6 Å². The first-order valence-corrected chi connectivity index (χ1v) is 8.18. The summed E-state index contributed by atoms with van der Waals surface area (Å²) in [6.07, 6.45) is 2.69. The normalized spacial score (nSPS) is 21.7. The quantitative estimate of drug-likeness (QED) is 0.876. The van der Waals surface area contributed by atoms with Crippen molar-refractivity contribution in [3.05, 3.63) is 15.6 Å². The highest BCUT2D eigenvalue weighted by Crippen LogP contribution is 2.27. The van der Waals surface area contributed by atoms with Crippen molar-refractivity contribution in [2.75, 3.05) is 0 Å². The molecule has 1 amide bonds. The molecule has 2 atom stereocenters. The lowest BCUT2D eigenvalue weighted by Crippen LogP contribution is -2.33. The summed E-state index contributed by atoms with van der Waals surface area (Å²) in [5.41, 5.74) is 0.859. The summed E-state index contributed by atoms with van der Waals surface area (Å²) >= 11 is 1.42. The number of aryl methyl sites for hydroxylation is 1. The van der Waals surface area contributed by atoms with Crippen LogP contribution >= 0.6 is 11.3 Å². The molecule has 0 saturated heterocycles. The molecular formula is C15H22N2O3S. The standard InChI is InChI=1S/C15H22N2O3S/c1-8(2)6-12-13(21-9(3)16-12)14(18)17-11-5-4-10(7-11)15(19)20/h8,10-11H,4-7H2,1-3H3,(H,17,18)(H,19,20)/t10-,11+/m1/s1. The topological polar surface area (TPSA) is 79.3 Å². The maximum atomic E-state index is 12.4. The maximum absolute atomic E-state index is 12.4. The van der Waals surface area contributed by atoms with Crippen LogP contribution in [0.15, 0.2) is 0 Å². The van der Waals surface area contributed by atoms with Gasteiger partial charge in [0.1, 0.15) is 4.88 Å². The summed E-state index contributed by atoms with van der Waals surface area (Å²) in [5, 5.41) is 12.9. The summed E-state index contributed by atoms with van der Waals surface area (Å²) in [7, 11) is 0. The van der Waals surface area contributed by atoms with E-state index >= 15 is 0 Å². The Bertz CT molecular complexity index is 539. The van der Waals surface area contributed by atoms with Gasteiger partial charge in [-0.3, -0.25) is 9.59 Å². The Hall–Kier alpha value is -1.43. The Morgan fingerprint density at radius 1 is 1.43 bits per heavy atom. The Morgan fingerprint density at radius 2 is 2.14 bits per heavy atom. The minimum atomic E-state index is -0.763. The third-order valence-electron chi connectivity index (χ3n) is 3.73. The minimum Gasteiger partial charge on any atom is -0.481 e. The lowest BCUT2D eigenvalue weighted by Gasteiger charge is -2.12. The lowest BCUT2D eigenvalue weighted by molar-refractivity contribution is -0.141. The Labute approximate surface area is 128 Å². The van der Waals surface area contributed by atoms with Crippen LogP contribution in [0.5, 0.6) is 0 Å². The minimum absolute atomic E-state index is 0.0343.